The number of hydrogen-bond donors (Lipinski definition) is 1. The summed E-state index contributed by atoms with van der Waals surface area (Å²) < 4.78 is 15.5. The largest absolute Gasteiger partial charge is 0.493 e. The number of nitrogens with zero attached hydrogens (tertiary/aromatic N) is 1. The van der Waals surface area contributed by atoms with Gasteiger partial charge in [0.1, 0.15) is 0 Å². The van der Waals surface area contributed by atoms with Gasteiger partial charge >= 0.3 is 11.9 Å². The molecule has 160 valence electrons. The topological polar surface area (TPSA) is 102 Å². The molecule has 3 rings (SSSR count). The van der Waals surface area contributed by atoms with E-state index in [1.807, 2.05) is 0 Å². The van der Waals surface area contributed by atoms with Gasteiger partial charge in [-0.2, -0.15) is 0 Å². The van der Waals surface area contributed by atoms with Gasteiger partial charge in [0.2, 0.25) is 0 Å². The van der Waals surface area contributed by atoms with Crippen LogP contribution in [-0.4, -0.2) is 44.3 Å². The van der Waals surface area contributed by atoms with Crippen molar-refractivity contribution >= 4 is 29.6 Å². The van der Waals surface area contributed by atoms with Crippen molar-refractivity contribution in [2.24, 2.45) is 0 Å². The molecule has 0 atom stereocenters. The van der Waals surface area contributed by atoms with Gasteiger partial charge in [0.05, 0.1) is 43.7 Å². The predicted octanol–water partition coefficient (Wildman–Crippen LogP) is 3.28. The van der Waals surface area contributed by atoms with E-state index in [2.05, 4.69) is 0 Å². The highest BCUT2D eigenvalue weighted by Gasteiger charge is 2.38. The van der Waals surface area contributed by atoms with Crippen LogP contribution in [0.2, 0.25) is 0 Å². The maximum atomic E-state index is 13.3. The highest BCUT2D eigenvalue weighted by molar-refractivity contribution is 6.23. The molecular formula is C23H21NO7. The summed E-state index contributed by atoms with van der Waals surface area (Å²) >= 11 is 0. The number of esters is 1. The Morgan fingerprint density at radius 1 is 0.968 bits per heavy atom. The molecule has 0 aliphatic carbocycles. The minimum absolute atomic E-state index is 0.117. The molecule has 1 amide bonds. The summed E-state index contributed by atoms with van der Waals surface area (Å²) in [5.74, 6) is -1.19. The Balaban J connectivity index is 2.10. The molecule has 0 aromatic heterocycles. The van der Waals surface area contributed by atoms with Gasteiger partial charge < -0.3 is 19.3 Å². The maximum absolute atomic E-state index is 13.3. The fourth-order valence-electron chi connectivity index (χ4n) is 3.34. The van der Waals surface area contributed by atoms with Crippen molar-refractivity contribution in [3.63, 3.8) is 0 Å². The normalized spacial score (nSPS) is 14.8. The fraction of sp³-hybridized carbons (Fsp3) is 0.174. The quantitative estimate of drug-likeness (QED) is 0.562. The summed E-state index contributed by atoms with van der Waals surface area (Å²) in [6.45, 7) is 1.65. The highest BCUT2D eigenvalue weighted by Crippen LogP contribution is 2.39. The van der Waals surface area contributed by atoms with Gasteiger partial charge in [-0.15, -0.1) is 0 Å². The molecule has 2 aromatic carbocycles. The molecule has 1 heterocycles. The summed E-state index contributed by atoms with van der Waals surface area (Å²) in [5.41, 5.74) is 1.85. The summed E-state index contributed by atoms with van der Waals surface area (Å²) in [7, 11) is 4.24. The average molecular weight is 423 g/mol. The lowest BCUT2D eigenvalue weighted by molar-refractivity contribution is -0.136. The standard InChI is InChI=1S/C23H21NO7/c1-13-20(23(28)31-4)17(11-14-5-7-15(8-6-14)22(26)27)21(25)24(13)16-9-10-18(29-2)19(12-16)30-3/h5-12H,1-4H3,(H,26,27). The average Bonchev–Trinajstić information content (AvgIpc) is 3.02. The lowest BCUT2D eigenvalue weighted by Gasteiger charge is -2.19. The Morgan fingerprint density at radius 2 is 1.61 bits per heavy atom. The molecule has 0 fully saturated rings. The first kappa shape index (κ1) is 21.6. The molecule has 0 saturated carbocycles. The monoisotopic (exact) mass is 423 g/mol. The molecule has 8 nitrogen and oxygen atoms in total. The zero-order valence-electron chi connectivity index (χ0n) is 17.5. The Labute approximate surface area is 178 Å². The van der Waals surface area contributed by atoms with Crippen molar-refractivity contribution in [3.05, 3.63) is 70.4 Å². The summed E-state index contributed by atoms with van der Waals surface area (Å²) in [6, 6.07) is 11.0. The van der Waals surface area contributed by atoms with Crippen LogP contribution in [-0.2, 0) is 14.3 Å². The van der Waals surface area contributed by atoms with Gasteiger partial charge in [0.25, 0.3) is 5.91 Å². The Bertz CT molecular complexity index is 1110. The molecule has 0 spiro atoms. The van der Waals surface area contributed by atoms with Crippen LogP contribution < -0.4 is 14.4 Å². The number of rotatable bonds is 6. The highest BCUT2D eigenvalue weighted by atomic mass is 16.5. The number of carboxylic acid groups (broad SMARTS) is 1. The number of allylic oxidation sites excluding steroid dienone is 1. The van der Waals surface area contributed by atoms with Crippen molar-refractivity contribution in [2.45, 2.75) is 6.92 Å². The summed E-state index contributed by atoms with van der Waals surface area (Å²) in [6.07, 6.45) is 1.53. The van der Waals surface area contributed by atoms with Crippen LogP contribution in [0.3, 0.4) is 0 Å². The number of aromatic carboxylic acids is 1. The van der Waals surface area contributed by atoms with Gasteiger partial charge in [-0.1, -0.05) is 12.1 Å². The van der Waals surface area contributed by atoms with E-state index in [9.17, 15) is 14.4 Å². The second-order valence-electron chi connectivity index (χ2n) is 6.62. The van der Waals surface area contributed by atoms with Crippen molar-refractivity contribution in [2.75, 3.05) is 26.2 Å². The fourth-order valence-corrected chi connectivity index (χ4v) is 3.34. The second kappa shape index (κ2) is 8.74. The van der Waals surface area contributed by atoms with Crippen LogP contribution >= 0.6 is 0 Å². The van der Waals surface area contributed by atoms with E-state index in [4.69, 9.17) is 19.3 Å². The number of methoxy groups -OCH3 is 3. The number of ether oxygens (including phenoxy) is 3. The molecule has 0 saturated heterocycles. The number of hydrogen-bond acceptors (Lipinski definition) is 6. The van der Waals surface area contributed by atoms with Crippen LogP contribution in [0, 0.1) is 0 Å². The van der Waals surface area contributed by atoms with E-state index in [0.29, 0.717) is 28.4 Å². The van der Waals surface area contributed by atoms with E-state index in [-0.39, 0.29) is 16.7 Å². The van der Waals surface area contributed by atoms with Crippen molar-refractivity contribution in [1.82, 2.24) is 0 Å². The third-order valence-corrected chi connectivity index (χ3v) is 4.88. The molecule has 1 N–H and O–H groups in total. The zero-order chi connectivity index (χ0) is 22.7. The van der Waals surface area contributed by atoms with Crippen molar-refractivity contribution < 1.29 is 33.7 Å². The molecule has 1 aliphatic heterocycles. The predicted molar refractivity (Wildman–Crippen MR) is 113 cm³/mol. The number of carboxylic acids is 1. The minimum Gasteiger partial charge on any atom is -0.493 e. The van der Waals surface area contributed by atoms with E-state index in [1.54, 1.807) is 37.3 Å². The van der Waals surface area contributed by atoms with Gasteiger partial charge in [-0.25, -0.2) is 9.59 Å². The molecule has 8 heteroatoms. The lowest BCUT2D eigenvalue weighted by atomic mass is 10.0. The van der Waals surface area contributed by atoms with Gasteiger partial charge in [-0.3, -0.25) is 9.69 Å². The molecule has 31 heavy (non-hydrogen) atoms. The van der Waals surface area contributed by atoms with Gasteiger partial charge in [-0.05, 0) is 42.8 Å². The molecule has 1 aliphatic rings. The smallest absolute Gasteiger partial charge is 0.340 e. The summed E-state index contributed by atoms with van der Waals surface area (Å²) in [5, 5.41) is 9.06. The molecule has 0 unspecified atom stereocenters. The Hall–Kier alpha value is -4.07. The number of carbonyl (C=O) groups is 3. The third-order valence-electron chi connectivity index (χ3n) is 4.88. The first-order chi connectivity index (χ1) is 14.8. The number of amides is 1. The molecule has 0 radical (unpaired) electrons. The van der Waals surface area contributed by atoms with Crippen LogP contribution in [0.4, 0.5) is 5.69 Å². The molecule has 2 aromatic rings. The van der Waals surface area contributed by atoms with Gasteiger partial charge in [0, 0.05) is 11.8 Å². The minimum atomic E-state index is -1.05. The maximum Gasteiger partial charge on any atom is 0.340 e. The van der Waals surface area contributed by atoms with Crippen LogP contribution in [0.5, 0.6) is 11.5 Å². The van der Waals surface area contributed by atoms with Crippen LogP contribution in [0.15, 0.2) is 59.3 Å². The van der Waals surface area contributed by atoms with Crippen LogP contribution in [0.1, 0.15) is 22.8 Å². The second-order valence-corrected chi connectivity index (χ2v) is 6.62. The number of anilines is 1. The van der Waals surface area contributed by atoms with E-state index >= 15 is 0 Å². The van der Waals surface area contributed by atoms with Gasteiger partial charge in [0.15, 0.2) is 11.5 Å². The SMILES string of the molecule is COC(=O)C1=C(C)N(c2ccc(OC)c(OC)c2)C(=O)C1=Cc1ccc(C(=O)O)cc1. The Kier molecular flexibility index (Phi) is 6.10. The lowest BCUT2D eigenvalue weighted by Crippen LogP contribution is -2.24. The molecule has 0 bridgehead atoms. The van der Waals surface area contributed by atoms with E-state index in [1.165, 1.54) is 44.4 Å². The zero-order valence-corrected chi connectivity index (χ0v) is 17.5. The number of benzene rings is 2. The van der Waals surface area contributed by atoms with E-state index in [0.717, 1.165) is 0 Å². The Morgan fingerprint density at radius 3 is 2.16 bits per heavy atom. The first-order valence-electron chi connectivity index (χ1n) is 9.23. The first-order valence-corrected chi connectivity index (χ1v) is 9.23. The van der Waals surface area contributed by atoms with Crippen molar-refractivity contribution in [3.8, 4) is 11.5 Å². The third kappa shape index (κ3) is 4.00. The number of carbonyl (C=O) groups excluding carboxylic acids is 2. The van der Waals surface area contributed by atoms with E-state index < -0.39 is 17.8 Å². The molecular weight excluding hydrogens is 402 g/mol. The van der Waals surface area contributed by atoms with Crippen LogP contribution in [0.25, 0.3) is 6.08 Å². The van der Waals surface area contributed by atoms with Crippen molar-refractivity contribution in [1.29, 1.82) is 0 Å². The summed E-state index contributed by atoms with van der Waals surface area (Å²) in [4.78, 5) is 38.3.